The molecule has 3 rings (SSSR count). The highest BCUT2D eigenvalue weighted by Crippen LogP contribution is 2.49. The molecule has 0 fully saturated rings. The van der Waals surface area contributed by atoms with Gasteiger partial charge in [-0.05, 0) is 36.8 Å². The van der Waals surface area contributed by atoms with Crippen LogP contribution in [-0.2, 0) is 15.5 Å². The minimum Gasteiger partial charge on any atom is -0.492 e. The number of methoxy groups -OCH3 is 1. The van der Waals surface area contributed by atoms with Gasteiger partial charge in [-0.2, -0.15) is 8.42 Å². The van der Waals surface area contributed by atoms with Gasteiger partial charge in [0.1, 0.15) is 0 Å². The average Bonchev–Trinajstić information content (AvgIpc) is 2.79. The van der Waals surface area contributed by atoms with E-state index in [1.807, 2.05) is 25.7 Å². The number of nitrogens with zero attached hydrogens (tertiary/aromatic N) is 1. The second-order valence-electron chi connectivity index (χ2n) is 6.66. The molecule has 0 unspecified atom stereocenters. The number of likely N-dealkylation sites (N-methyl/N-ethyl adjacent to an activating group) is 1. The molecule has 1 aliphatic rings. The van der Waals surface area contributed by atoms with Crippen LogP contribution in [0.25, 0.3) is 6.08 Å². The number of hydrogen-bond acceptors (Lipinski definition) is 6. The van der Waals surface area contributed by atoms with Crippen molar-refractivity contribution >= 4 is 21.9 Å². The number of fused-ring (bicyclic) bond motifs is 1. The van der Waals surface area contributed by atoms with E-state index in [-0.39, 0.29) is 16.2 Å². The molecule has 0 radical (unpaired) electrons. The molecule has 0 aromatic heterocycles. The van der Waals surface area contributed by atoms with E-state index in [1.54, 1.807) is 12.1 Å². The van der Waals surface area contributed by atoms with E-state index in [0.717, 1.165) is 11.4 Å². The van der Waals surface area contributed by atoms with E-state index < -0.39 is 26.4 Å². The van der Waals surface area contributed by atoms with E-state index >= 15 is 0 Å². The molecule has 0 saturated carbocycles. The number of anilines is 1. The van der Waals surface area contributed by atoms with Gasteiger partial charge in [0, 0.05) is 23.3 Å². The molecule has 1 heterocycles. The molecule has 2 aromatic rings. The van der Waals surface area contributed by atoms with Crippen molar-refractivity contribution in [2.45, 2.75) is 31.1 Å². The molecule has 2 aromatic carbocycles. The average molecular weight is 377 g/mol. The third kappa shape index (κ3) is 2.48. The van der Waals surface area contributed by atoms with Crippen molar-refractivity contribution < 1.29 is 17.7 Å². The van der Waals surface area contributed by atoms with Crippen LogP contribution in [0.5, 0.6) is 5.75 Å². The summed E-state index contributed by atoms with van der Waals surface area (Å²) in [6.45, 7) is 6.28. The van der Waals surface area contributed by atoms with E-state index in [1.165, 1.54) is 19.2 Å². The zero-order valence-corrected chi connectivity index (χ0v) is 15.7. The quantitative estimate of drug-likeness (QED) is 0.639. The highest BCUT2D eigenvalue weighted by Gasteiger charge is 2.41. The largest absolute Gasteiger partial charge is 0.492 e. The molecule has 1 N–H and O–H groups in total. The number of rotatable bonds is 4. The van der Waals surface area contributed by atoms with Crippen molar-refractivity contribution in [1.29, 1.82) is 0 Å². The molecular weight excluding hydrogens is 358 g/mol. The predicted molar refractivity (Wildman–Crippen MR) is 98.2 cm³/mol. The van der Waals surface area contributed by atoms with Crippen LogP contribution in [0.1, 0.15) is 31.9 Å². The summed E-state index contributed by atoms with van der Waals surface area (Å²) in [6, 6.07) is 4.41. The summed E-state index contributed by atoms with van der Waals surface area (Å²) in [7, 11) is -2.99. The van der Waals surface area contributed by atoms with Gasteiger partial charge in [-0.15, -0.1) is 0 Å². The fourth-order valence-corrected chi connectivity index (χ4v) is 3.98. The Balaban J connectivity index is 2.22. The van der Waals surface area contributed by atoms with Crippen molar-refractivity contribution in [2.75, 3.05) is 18.6 Å². The number of allylic oxidation sites excluding steroid dienone is 1. The third-order valence-corrected chi connectivity index (χ3v) is 5.71. The van der Waals surface area contributed by atoms with Gasteiger partial charge in [-0.3, -0.25) is 14.1 Å². The topological polar surface area (TPSA) is 101 Å². The lowest BCUT2D eigenvalue weighted by Gasteiger charge is -2.26. The van der Waals surface area contributed by atoms with Gasteiger partial charge in [0.2, 0.25) is 5.43 Å². The minimum atomic E-state index is -4.33. The second-order valence-corrected chi connectivity index (χ2v) is 8.08. The lowest BCUT2D eigenvalue weighted by atomic mass is 9.83. The predicted octanol–water partition coefficient (Wildman–Crippen LogP) is 1.70. The Morgan fingerprint density at radius 3 is 2.42 bits per heavy atom. The fraction of sp³-hybridized carbons (Fsp3) is 0.333. The number of benzene rings is 1. The first-order valence-corrected chi connectivity index (χ1v) is 9.47. The number of hydrogen-bond donors (Lipinski definition) is 1. The second kappa shape index (κ2) is 5.78. The van der Waals surface area contributed by atoms with Crippen LogP contribution >= 0.6 is 0 Å². The van der Waals surface area contributed by atoms with Gasteiger partial charge in [-0.1, -0.05) is 13.8 Å². The Bertz CT molecular complexity index is 1100. The van der Waals surface area contributed by atoms with Gasteiger partial charge in [0.25, 0.3) is 15.5 Å². The Labute approximate surface area is 151 Å². The van der Waals surface area contributed by atoms with E-state index in [9.17, 15) is 22.6 Å². The Kier molecular flexibility index (Phi) is 4.08. The molecule has 7 nitrogen and oxygen atoms in total. The van der Waals surface area contributed by atoms with Crippen LogP contribution in [0.3, 0.4) is 0 Å². The van der Waals surface area contributed by atoms with Crippen LogP contribution in [0.4, 0.5) is 5.69 Å². The first-order chi connectivity index (χ1) is 12.0. The molecule has 0 spiro atoms. The molecule has 0 amide bonds. The van der Waals surface area contributed by atoms with Gasteiger partial charge in [-0.25, -0.2) is 0 Å². The summed E-state index contributed by atoms with van der Waals surface area (Å²) in [5.41, 5.74) is 0.554. The molecule has 1 aliphatic heterocycles. The minimum absolute atomic E-state index is 0.0314. The van der Waals surface area contributed by atoms with Crippen LogP contribution in [0, 0.1) is 0 Å². The fourth-order valence-electron chi connectivity index (χ4n) is 3.47. The molecular formula is C18H19NO6S. The van der Waals surface area contributed by atoms with Gasteiger partial charge < -0.3 is 9.64 Å². The van der Waals surface area contributed by atoms with Crippen LogP contribution in [0.15, 0.2) is 38.4 Å². The zero-order chi connectivity index (χ0) is 19.4. The first kappa shape index (κ1) is 18.3. The molecule has 26 heavy (non-hydrogen) atoms. The zero-order valence-electron chi connectivity index (χ0n) is 14.9. The van der Waals surface area contributed by atoms with Crippen molar-refractivity contribution in [2.24, 2.45) is 0 Å². The maximum absolute atomic E-state index is 11.9. The molecule has 0 atom stereocenters. The molecule has 138 valence electrons. The Morgan fingerprint density at radius 2 is 1.88 bits per heavy atom. The lowest BCUT2D eigenvalue weighted by Crippen LogP contribution is -2.36. The summed E-state index contributed by atoms with van der Waals surface area (Å²) in [5, 5.41) is 0. The summed E-state index contributed by atoms with van der Waals surface area (Å²) in [6.07, 6.45) is 1.62. The van der Waals surface area contributed by atoms with Gasteiger partial charge >= 0.3 is 0 Å². The van der Waals surface area contributed by atoms with E-state index in [2.05, 4.69) is 0 Å². The Morgan fingerprint density at radius 1 is 1.23 bits per heavy atom. The van der Waals surface area contributed by atoms with E-state index in [4.69, 9.17) is 4.74 Å². The molecule has 8 heteroatoms. The van der Waals surface area contributed by atoms with Crippen LogP contribution in [0.2, 0.25) is 0 Å². The number of ether oxygens (including phenoxy) is 1. The summed E-state index contributed by atoms with van der Waals surface area (Å²) >= 11 is 0. The standard InChI is InChI=1S/C18H19NO6S/c1-5-19-13-7-6-10(26(22,23)24)8-12(13)18(2,3)14(19)9-11-15(20)16(21)17(11)25-4/h6-9H,5H2,1-4H3,(H,22,23,24)/b14-9-. The van der Waals surface area contributed by atoms with Crippen LogP contribution in [-0.4, -0.2) is 26.6 Å². The maximum atomic E-state index is 11.9. The monoisotopic (exact) mass is 377 g/mol. The first-order valence-electron chi connectivity index (χ1n) is 8.03. The Hall–Kier alpha value is -2.45. The van der Waals surface area contributed by atoms with Gasteiger partial charge in [0.05, 0.1) is 17.6 Å². The molecule has 0 aliphatic carbocycles. The highest BCUT2D eigenvalue weighted by atomic mass is 32.2. The SMILES string of the molecule is CCN1/C(=C\c2c(OC)c(=O)c2=O)C(C)(C)c2cc(S(=O)(=O)O)ccc21. The third-order valence-electron chi connectivity index (χ3n) is 4.86. The highest BCUT2D eigenvalue weighted by molar-refractivity contribution is 7.85. The summed E-state index contributed by atoms with van der Waals surface area (Å²) in [4.78, 5) is 25.3. The molecule has 0 saturated heterocycles. The van der Waals surface area contributed by atoms with Gasteiger partial charge in [0.15, 0.2) is 5.75 Å². The summed E-state index contributed by atoms with van der Waals surface area (Å²) < 4.78 is 37.3. The smallest absolute Gasteiger partial charge is 0.294 e. The normalized spacial score (nSPS) is 17.7. The maximum Gasteiger partial charge on any atom is 0.294 e. The van der Waals surface area contributed by atoms with Crippen molar-refractivity contribution in [3.05, 3.63) is 55.5 Å². The van der Waals surface area contributed by atoms with Crippen molar-refractivity contribution in [3.8, 4) is 5.75 Å². The van der Waals surface area contributed by atoms with Crippen molar-refractivity contribution in [1.82, 2.24) is 0 Å². The van der Waals surface area contributed by atoms with Crippen molar-refractivity contribution in [3.63, 3.8) is 0 Å². The summed E-state index contributed by atoms with van der Waals surface area (Å²) in [5.74, 6) is 0.0314. The lowest BCUT2D eigenvalue weighted by molar-refractivity contribution is 0.404. The van der Waals surface area contributed by atoms with Crippen LogP contribution < -0.4 is 20.5 Å². The van der Waals surface area contributed by atoms with E-state index in [0.29, 0.717) is 12.1 Å². The molecule has 0 bridgehead atoms.